The average molecular weight is 236 g/mol. The lowest BCUT2D eigenvalue weighted by Crippen LogP contribution is -2.15. The lowest BCUT2D eigenvalue weighted by Gasteiger charge is -2.13. The van der Waals surface area contributed by atoms with Crippen LogP contribution in [0.25, 0.3) is 0 Å². The summed E-state index contributed by atoms with van der Waals surface area (Å²) in [6.45, 7) is 0.557. The van der Waals surface area contributed by atoms with Gasteiger partial charge in [-0.25, -0.2) is 9.97 Å². The molecule has 84 valence electrons. The fourth-order valence-electron chi connectivity index (χ4n) is 1.62. The van der Waals surface area contributed by atoms with Gasteiger partial charge in [0.2, 0.25) is 0 Å². The fraction of sp³-hybridized carbons (Fsp3) is 0.167. The predicted molar refractivity (Wildman–Crippen MR) is 66.6 cm³/mol. The van der Waals surface area contributed by atoms with E-state index in [0.29, 0.717) is 6.54 Å². The van der Waals surface area contributed by atoms with Gasteiger partial charge in [-0.15, -0.1) is 12.4 Å². The van der Waals surface area contributed by atoms with Crippen LogP contribution in [0.5, 0.6) is 0 Å². The molecule has 0 aliphatic carbocycles. The van der Waals surface area contributed by atoms with Crippen molar-refractivity contribution < 1.29 is 0 Å². The van der Waals surface area contributed by atoms with Gasteiger partial charge in [0.25, 0.3) is 0 Å². The SMILES string of the molecule is Cl.NCC(c1ccccc1)c1ccncn1. The molecule has 0 fully saturated rings. The van der Waals surface area contributed by atoms with Crippen LogP contribution in [0.4, 0.5) is 0 Å². The maximum atomic E-state index is 5.78. The highest BCUT2D eigenvalue weighted by molar-refractivity contribution is 5.85. The van der Waals surface area contributed by atoms with Gasteiger partial charge >= 0.3 is 0 Å². The van der Waals surface area contributed by atoms with Crippen molar-refractivity contribution in [2.24, 2.45) is 5.73 Å². The second-order valence-electron chi connectivity index (χ2n) is 3.33. The zero-order chi connectivity index (χ0) is 10.5. The normalized spacial score (nSPS) is 11.6. The van der Waals surface area contributed by atoms with E-state index in [0.717, 1.165) is 5.69 Å². The van der Waals surface area contributed by atoms with Gasteiger partial charge in [-0.3, -0.25) is 0 Å². The van der Waals surface area contributed by atoms with Gasteiger partial charge in [-0.05, 0) is 11.6 Å². The van der Waals surface area contributed by atoms with Gasteiger partial charge in [-0.2, -0.15) is 0 Å². The summed E-state index contributed by atoms with van der Waals surface area (Å²) in [4.78, 5) is 8.14. The van der Waals surface area contributed by atoms with Gasteiger partial charge in [0.15, 0.2) is 0 Å². The summed E-state index contributed by atoms with van der Waals surface area (Å²) in [5.74, 6) is 0.161. The minimum atomic E-state index is 0. The minimum Gasteiger partial charge on any atom is -0.329 e. The average Bonchev–Trinajstić information content (AvgIpc) is 2.33. The molecule has 1 aromatic carbocycles. The van der Waals surface area contributed by atoms with E-state index in [1.54, 1.807) is 12.5 Å². The Kier molecular flexibility index (Phi) is 4.89. The second kappa shape index (κ2) is 6.20. The summed E-state index contributed by atoms with van der Waals surface area (Å²) in [7, 11) is 0. The van der Waals surface area contributed by atoms with Crippen LogP contribution in [0.15, 0.2) is 48.9 Å². The smallest absolute Gasteiger partial charge is 0.115 e. The first-order valence-corrected chi connectivity index (χ1v) is 4.92. The van der Waals surface area contributed by atoms with Crippen LogP contribution in [0.3, 0.4) is 0 Å². The number of halogens is 1. The molecule has 2 N–H and O–H groups in total. The number of hydrogen-bond donors (Lipinski definition) is 1. The van der Waals surface area contributed by atoms with Crippen molar-refractivity contribution in [3.05, 3.63) is 60.2 Å². The van der Waals surface area contributed by atoms with Crippen molar-refractivity contribution in [3.63, 3.8) is 0 Å². The van der Waals surface area contributed by atoms with E-state index in [4.69, 9.17) is 5.73 Å². The summed E-state index contributed by atoms with van der Waals surface area (Å²) in [5.41, 5.74) is 7.94. The third kappa shape index (κ3) is 2.78. The van der Waals surface area contributed by atoms with Gasteiger partial charge in [0, 0.05) is 18.7 Å². The Bertz CT molecular complexity index is 366. The summed E-state index contributed by atoms with van der Waals surface area (Å²) < 4.78 is 0. The highest BCUT2D eigenvalue weighted by Gasteiger charge is 2.12. The predicted octanol–water partition coefficient (Wildman–Crippen LogP) is 1.99. The van der Waals surface area contributed by atoms with E-state index in [9.17, 15) is 0 Å². The van der Waals surface area contributed by atoms with Crippen LogP contribution in [-0.4, -0.2) is 16.5 Å². The molecular formula is C12H14ClN3. The zero-order valence-corrected chi connectivity index (χ0v) is 9.60. The van der Waals surface area contributed by atoms with Crippen molar-refractivity contribution >= 4 is 12.4 Å². The Hall–Kier alpha value is -1.45. The van der Waals surface area contributed by atoms with Crippen molar-refractivity contribution in [3.8, 4) is 0 Å². The van der Waals surface area contributed by atoms with E-state index < -0.39 is 0 Å². The van der Waals surface area contributed by atoms with Crippen LogP contribution in [0.1, 0.15) is 17.2 Å². The summed E-state index contributed by atoms with van der Waals surface area (Å²) in [6.07, 6.45) is 3.30. The van der Waals surface area contributed by atoms with E-state index in [1.165, 1.54) is 5.56 Å². The molecule has 1 unspecified atom stereocenters. The largest absolute Gasteiger partial charge is 0.329 e. The second-order valence-corrected chi connectivity index (χ2v) is 3.33. The topological polar surface area (TPSA) is 51.8 Å². The molecule has 0 spiro atoms. The number of benzene rings is 1. The first kappa shape index (κ1) is 12.6. The van der Waals surface area contributed by atoms with Gasteiger partial charge in [0.1, 0.15) is 6.33 Å². The first-order chi connectivity index (χ1) is 7.42. The van der Waals surface area contributed by atoms with Gasteiger partial charge in [0.05, 0.1) is 5.69 Å². The molecule has 0 bridgehead atoms. The van der Waals surface area contributed by atoms with Crippen LogP contribution < -0.4 is 5.73 Å². The molecule has 0 saturated carbocycles. The Balaban J connectivity index is 0.00000128. The highest BCUT2D eigenvalue weighted by atomic mass is 35.5. The monoisotopic (exact) mass is 235 g/mol. The minimum absolute atomic E-state index is 0. The van der Waals surface area contributed by atoms with E-state index in [2.05, 4.69) is 22.1 Å². The quantitative estimate of drug-likeness (QED) is 0.885. The standard InChI is InChI=1S/C12H13N3.ClH/c13-8-11(10-4-2-1-3-5-10)12-6-7-14-9-15-12;/h1-7,9,11H,8,13H2;1H. The van der Waals surface area contributed by atoms with Gasteiger partial charge < -0.3 is 5.73 Å². The first-order valence-electron chi connectivity index (χ1n) is 4.92. The lowest BCUT2D eigenvalue weighted by atomic mass is 9.96. The molecule has 1 heterocycles. The van der Waals surface area contributed by atoms with Gasteiger partial charge in [-0.1, -0.05) is 30.3 Å². The molecular weight excluding hydrogens is 222 g/mol. The molecule has 1 atom stereocenters. The molecule has 0 radical (unpaired) electrons. The van der Waals surface area contributed by atoms with Crippen molar-refractivity contribution in [1.29, 1.82) is 0 Å². The maximum absolute atomic E-state index is 5.78. The Morgan fingerprint density at radius 1 is 1.12 bits per heavy atom. The Labute approximate surface area is 101 Å². The Morgan fingerprint density at radius 3 is 2.44 bits per heavy atom. The molecule has 1 aromatic heterocycles. The number of nitrogens with two attached hydrogens (primary N) is 1. The van der Waals surface area contributed by atoms with Crippen LogP contribution in [-0.2, 0) is 0 Å². The third-order valence-electron chi connectivity index (χ3n) is 2.40. The van der Waals surface area contributed by atoms with E-state index in [1.807, 2.05) is 24.3 Å². The molecule has 2 aromatic rings. The van der Waals surface area contributed by atoms with E-state index >= 15 is 0 Å². The van der Waals surface area contributed by atoms with Crippen LogP contribution >= 0.6 is 12.4 Å². The molecule has 0 aliphatic rings. The maximum Gasteiger partial charge on any atom is 0.115 e. The number of aromatic nitrogens is 2. The molecule has 4 heteroatoms. The number of nitrogens with zero attached hydrogens (tertiary/aromatic N) is 2. The lowest BCUT2D eigenvalue weighted by molar-refractivity contribution is 0.781. The molecule has 2 rings (SSSR count). The Morgan fingerprint density at radius 2 is 1.88 bits per heavy atom. The third-order valence-corrected chi connectivity index (χ3v) is 2.40. The molecule has 3 nitrogen and oxygen atoms in total. The molecule has 0 saturated heterocycles. The summed E-state index contributed by atoms with van der Waals surface area (Å²) >= 11 is 0. The number of hydrogen-bond acceptors (Lipinski definition) is 3. The molecule has 0 amide bonds. The fourth-order valence-corrected chi connectivity index (χ4v) is 1.62. The van der Waals surface area contributed by atoms with Crippen molar-refractivity contribution in [2.75, 3.05) is 6.54 Å². The highest BCUT2D eigenvalue weighted by Crippen LogP contribution is 2.20. The van der Waals surface area contributed by atoms with Crippen LogP contribution in [0.2, 0.25) is 0 Å². The van der Waals surface area contributed by atoms with Crippen molar-refractivity contribution in [2.45, 2.75) is 5.92 Å². The summed E-state index contributed by atoms with van der Waals surface area (Å²) in [6, 6.07) is 12.1. The van der Waals surface area contributed by atoms with E-state index in [-0.39, 0.29) is 18.3 Å². The van der Waals surface area contributed by atoms with Crippen molar-refractivity contribution in [1.82, 2.24) is 9.97 Å². The molecule has 0 aliphatic heterocycles. The summed E-state index contributed by atoms with van der Waals surface area (Å²) in [5, 5.41) is 0. The van der Waals surface area contributed by atoms with Crippen LogP contribution in [0, 0.1) is 0 Å². The number of rotatable bonds is 3. The molecule has 16 heavy (non-hydrogen) atoms. The zero-order valence-electron chi connectivity index (χ0n) is 8.78.